The van der Waals surface area contributed by atoms with Gasteiger partial charge in [0.1, 0.15) is 0 Å². The Hall–Kier alpha value is -1.34. The van der Waals surface area contributed by atoms with Gasteiger partial charge in [0.15, 0.2) is 11.1 Å². The second-order valence-corrected chi connectivity index (χ2v) is 8.38. The van der Waals surface area contributed by atoms with Gasteiger partial charge in [-0.05, 0) is 59.2 Å². The van der Waals surface area contributed by atoms with Crippen molar-refractivity contribution in [1.29, 1.82) is 0 Å². The molecule has 0 aromatic carbocycles. The maximum atomic E-state index is 4.80. The van der Waals surface area contributed by atoms with E-state index in [4.69, 9.17) is 9.98 Å². The Morgan fingerprint density at radius 2 is 2.04 bits per heavy atom. The number of guanidine groups is 1. The van der Waals surface area contributed by atoms with Crippen LogP contribution >= 0.6 is 11.3 Å². The fraction of sp³-hybridized carbons (Fsp3) is 0.810. The van der Waals surface area contributed by atoms with Crippen LogP contribution in [0.5, 0.6) is 0 Å². The van der Waals surface area contributed by atoms with E-state index in [1.165, 1.54) is 36.6 Å². The van der Waals surface area contributed by atoms with Gasteiger partial charge in [0.05, 0.1) is 5.69 Å². The lowest BCUT2D eigenvalue weighted by molar-refractivity contribution is 0.292. The lowest BCUT2D eigenvalue weighted by Crippen LogP contribution is -2.42. The quantitative estimate of drug-likeness (QED) is 0.410. The fourth-order valence-corrected chi connectivity index (χ4v) is 4.45. The molecule has 7 heteroatoms. The van der Waals surface area contributed by atoms with E-state index in [1.807, 2.05) is 0 Å². The van der Waals surface area contributed by atoms with Crippen molar-refractivity contribution in [3.63, 3.8) is 0 Å². The van der Waals surface area contributed by atoms with Crippen LogP contribution in [0.15, 0.2) is 10.4 Å². The summed E-state index contributed by atoms with van der Waals surface area (Å²) in [5.74, 6) is 0.924. The van der Waals surface area contributed by atoms with E-state index in [2.05, 4.69) is 53.5 Å². The van der Waals surface area contributed by atoms with Crippen molar-refractivity contribution in [2.75, 3.05) is 50.7 Å². The van der Waals surface area contributed by atoms with E-state index in [0.717, 1.165) is 58.1 Å². The Morgan fingerprint density at radius 1 is 1.29 bits per heavy atom. The van der Waals surface area contributed by atoms with Crippen LogP contribution in [0.2, 0.25) is 0 Å². The van der Waals surface area contributed by atoms with Gasteiger partial charge >= 0.3 is 0 Å². The van der Waals surface area contributed by atoms with Gasteiger partial charge in [0.25, 0.3) is 0 Å². The predicted octanol–water partition coefficient (Wildman–Crippen LogP) is 3.35. The topological polar surface area (TPSA) is 55.8 Å². The average molecular weight is 409 g/mol. The molecule has 160 valence electrons. The van der Waals surface area contributed by atoms with E-state index in [1.54, 1.807) is 11.3 Å². The molecule has 0 amide bonds. The number of thiazole rings is 1. The van der Waals surface area contributed by atoms with Crippen LogP contribution in [0.3, 0.4) is 0 Å². The molecular weight excluding hydrogens is 368 g/mol. The Kier molecular flexibility index (Phi) is 10.6. The zero-order chi connectivity index (χ0) is 20.2. The number of rotatable bonds is 12. The molecule has 1 saturated heterocycles. The molecule has 2 N–H and O–H groups in total. The molecule has 1 unspecified atom stereocenters. The van der Waals surface area contributed by atoms with Crippen molar-refractivity contribution in [2.24, 2.45) is 4.99 Å². The third-order valence-corrected chi connectivity index (χ3v) is 6.24. The van der Waals surface area contributed by atoms with Crippen LogP contribution in [-0.4, -0.2) is 67.7 Å². The molecule has 0 bridgehead atoms. The summed E-state index contributed by atoms with van der Waals surface area (Å²) in [6.07, 6.45) is 5.87. The van der Waals surface area contributed by atoms with Crippen LogP contribution < -0.4 is 15.5 Å². The van der Waals surface area contributed by atoms with Crippen molar-refractivity contribution in [2.45, 2.75) is 65.8 Å². The number of nitrogens with zero attached hydrogens (tertiary/aromatic N) is 4. The zero-order valence-corrected chi connectivity index (χ0v) is 19.2. The van der Waals surface area contributed by atoms with Gasteiger partial charge in [-0.3, -0.25) is 4.99 Å². The number of hydrogen-bond donors (Lipinski definition) is 2. The molecule has 1 fully saturated rings. The molecule has 1 aliphatic rings. The first kappa shape index (κ1) is 22.9. The Bertz CT molecular complexity index is 563. The van der Waals surface area contributed by atoms with Gasteiger partial charge in [-0.15, -0.1) is 11.3 Å². The summed E-state index contributed by atoms with van der Waals surface area (Å²) < 4.78 is 0. The predicted molar refractivity (Wildman–Crippen MR) is 123 cm³/mol. The molecule has 1 aromatic heterocycles. The number of anilines is 1. The van der Waals surface area contributed by atoms with Crippen LogP contribution in [0.25, 0.3) is 0 Å². The molecule has 2 rings (SSSR count). The highest BCUT2D eigenvalue weighted by molar-refractivity contribution is 7.13. The molecule has 0 aliphatic carbocycles. The molecule has 1 atom stereocenters. The zero-order valence-electron chi connectivity index (χ0n) is 18.3. The molecule has 28 heavy (non-hydrogen) atoms. The monoisotopic (exact) mass is 408 g/mol. The number of aliphatic imine (C=N–C) groups is 1. The van der Waals surface area contributed by atoms with Gasteiger partial charge in [-0.1, -0.05) is 13.8 Å². The highest BCUT2D eigenvalue weighted by Crippen LogP contribution is 2.24. The van der Waals surface area contributed by atoms with Crippen molar-refractivity contribution in [1.82, 2.24) is 20.5 Å². The Balaban J connectivity index is 1.74. The van der Waals surface area contributed by atoms with Crippen molar-refractivity contribution >= 4 is 22.4 Å². The van der Waals surface area contributed by atoms with Crippen molar-refractivity contribution in [3.05, 3.63) is 11.1 Å². The van der Waals surface area contributed by atoms with Crippen LogP contribution in [0.1, 0.15) is 59.1 Å². The SMILES string of the molecule is CCNC(=NCCc1csc(N2CCCC2)n1)NC(C)CCCN(CC)CC. The standard InChI is InChI=1S/C21H40N6S/c1-5-22-20(24-18(4)11-10-14-26(6-2)7-3)23-13-12-19-17-28-21(25-19)27-15-8-9-16-27/h17-18H,5-16H2,1-4H3,(H2,22,23,24). The first-order valence-electron chi connectivity index (χ1n) is 11.1. The Labute approximate surface area is 175 Å². The molecule has 1 aliphatic heterocycles. The summed E-state index contributed by atoms with van der Waals surface area (Å²) in [6.45, 7) is 16.3. The van der Waals surface area contributed by atoms with Gasteiger partial charge < -0.3 is 20.4 Å². The highest BCUT2D eigenvalue weighted by atomic mass is 32.1. The Morgan fingerprint density at radius 3 is 2.71 bits per heavy atom. The van der Waals surface area contributed by atoms with Crippen molar-refractivity contribution < 1.29 is 0 Å². The smallest absolute Gasteiger partial charge is 0.191 e. The lowest BCUT2D eigenvalue weighted by Gasteiger charge is -2.21. The van der Waals surface area contributed by atoms with Gasteiger partial charge in [-0.25, -0.2) is 4.98 Å². The number of nitrogens with one attached hydrogen (secondary N) is 2. The average Bonchev–Trinajstić information content (AvgIpc) is 3.37. The third-order valence-electron chi connectivity index (χ3n) is 5.29. The maximum Gasteiger partial charge on any atom is 0.191 e. The molecule has 6 nitrogen and oxygen atoms in total. The first-order valence-corrected chi connectivity index (χ1v) is 12.0. The van der Waals surface area contributed by atoms with Gasteiger partial charge in [0.2, 0.25) is 0 Å². The first-order chi connectivity index (χ1) is 13.7. The minimum absolute atomic E-state index is 0.425. The second kappa shape index (κ2) is 13.0. The minimum atomic E-state index is 0.425. The molecule has 2 heterocycles. The molecule has 1 aromatic rings. The van der Waals surface area contributed by atoms with Gasteiger partial charge in [-0.2, -0.15) is 0 Å². The van der Waals surface area contributed by atoms with E-state index >= 15 is 0 Å². The van der Waals surface area contributed by atoms with Gasteiger partial charge in [0, 0.05) is 44.0 Å². The van der Waals surface area contributed by atoms with Crippen molar-refractivity contribution in [3.8, 4) is 0 Å². The highest BCUT2D eigenvalue weighted by Gasteiger charge is 2.15. The van der Waals surface area contributed by atoms with E-state index in [-0.39, 0.29) is 0 Å². The second-order valence-electron chi connectivity index (χ2n) is 7.54. The number of aromatic nitrogens is 1. The van der Waals surface area contributed by atoms with Crippen LogP contribution in [0.4, 0.5) is 5.13 Å². The summed E-state index contributed by atoms with van der Waals surface area (Å²) in [5.41, 5.74) is 1.17. The minimum Gasteiger partial charge on any atom is -0.357 e. The number of hydrogen-bond acceptors (Lipinski definition) is 5. The summed E-state index contributed by atoms with van der Waals surface area (Å²) >= 11 is 1.77. The van der Waals surface area contributed by atoms with Crippen LogP contribution in [-0.2, 0) is 6.42 Å². The molecule has 0 radical (unpaired) electrons. The van der Waals surface area contributed by atoms with Crippen LogP contribution in [0, 0.1) is 0 Å². The molecule has 0 spiro atoms. The molecule has 0 saturated carbocycles. The summed E-state index contributed by atoms with van der Waals surface area (Å²) in [5, 5.41) is 10.3. The normalized spacial score (nSPS) is 16.0. The lowest BCUT2D eigenvalue weighted by atomic mass is 10.2. The maximum absolute atomic E-state index is 4.80. The summed E-state index contributed by atoms with van der Waals surface area (Å²) in [6, 6.07) is 0.425. The van der Waals surface area contributed by atoms with E-state index < -0.39 is 0 Å². The third kappa shape index (κ3) is 7.95. The molecular formula is C21H40N6S. The summed E-state index contributed by atoms with van der Waals surface area (Å²) in [7, 11) is 0. The largest absolute Gasteiger partial charge is 0.357 e. The summed E-state index contributed by atoms with van der Waals surface area (Å²) in [4.78, 5) is 14.5. The fourth-order valence-electron chi connectivity index (χ4n) is 3.53. The van der Waals surface area contributed by atoms with E-state index in [9.17, 15) is 0 Å². The van der Waals surface area contributed by atoms with E-state index in [0.29, 0.717) is 6.04 Å².